The Labute approximate surface area is 100 Å². The Kier molecular flexibility index (Phi) is 4.61. The first-order valence-corrected chi connectivity index (χ1v) is 6.05. The normalized spacial score (nSPS) is 11.5. The van der Waals surface area contributed by atoms with Gasteiger partial charge in [-0.25, -0.2) is 0 Å². The number of benzene rings is 1. The quantitative estimate of drug-likeness (QED) is 0.806. The summed E-state index contributed by atoms with van der Waals surface area (Å²) in [6.07, 6.45) is 2.14. The monoisotopic (exact) mass is 270 g/mol. The SMILES string of the molecule is CC(C)(N)CCCNc1ccc(Br)cc1. The topological polar surface area (TPSA) is 38.0 Å². The fraction of sp³-hybridized carbons (Fsp3) is 0.500. The van der Waals surface area contributed by atoms with Crippen LogP contribution in [0.15, 0.2) is 28.7 Å². The summed E-state index contributed by atoms with van der Waals surface area (Å²) in [5.41, 5.74) is 7.01. The Morgan fingerprint density at radius 1 is 1.27 bits per heavy atom. The molecule has 15 heavy (non-hydrogen) atoms. The standard InChI is InChI=1S/C12H19BrN2/c1-12(2,14)8-3-9-15-11-6-4-10(13)5-7-11/h4-7,15H,3,8-9,14H2,1-2H3. The van der Waals surface area contributed by atoms with Crippen LogP contribution in [0.3, 0.4) is 0 Å². The molecule has 1 aromatic rings. The molecule has 0 fully saturated rings. The zero-order valence-corrected chi connectivity index (χ0v) is 11.0. The molecule has 1 rings (SSSR count). The second kappa shape index (κ2) is 5.52. The number of hydrogen-bond acceptors (Lipinski definition) is 2. The van der Waals surface area contributed by atoms with Gasteiger partial charge < -0.3 is 11.1 Å². The first-order chi connectivity index (χ1) is 6.97. The molecular weight excluding hydrogens is 252 g/mol. The van der Waals surface area contributed by atoms with Gasteiger partial charge in [0.05, 0.1) is 0 Å². The van der Waals surface area contributed by atoms with Crippen LogP contribution >= 0.6 is 15.9 Å². The van der Waals surface area contributed by atoms with Gasteiger partial charge in [0.2, 0.25) is 0 Å². The van der Waals surface area contributed by atoms with Gasteiger partial charge in [-0.1, -0.05) is 15.9 Å². The zero-order chi connectivity index (χ0) is 11.3. The summed E-state index contributed by atoms with van der Waals surface area (Å²) in [7, 11) is 0. The van der Waals surface area contributed by atoms with E-state index in [1.165, 1.54) is 0 Å². The summed E-state index contributed by atoms with van der Waals surface area (Å²) in [6, 6.07) is 8.21. The molecule has 0 aliphatic heterocycles. The molecule has 3 heteroatoms. The highest BCUT2D eigenvalue weighted by Crippen LogP contribution is 2.14. The van der Waals surface area contributed by atoms with Crippen LogP contribution < -0.4 is 11.1 Å². The van der Waals surface area contributed by atoms with Crippen LogP contribution in [0, 0.1) is 0 Å². The molecule has 3 N–H and O–H groups in total. The summed E-state index contributed by atoms with van der Waals surface area (Å²) in [6.45, 7) is 5.10. The van der Waals surface area contributed by atoms with E-state index < -0.39 is 0 Å². The maximum Gasteiger partial charge on any atom is 0.0340 e. The number of nitrogens with one attached hydrogen (secondary N) is 1. The van der Waals surface area contributed by atoms with Crippen molar-refractivity contribution in [3.63, 3.8) is 0 Å². The van der Waals surface area contributed by atoms with E-state index in [9.17, 15) is 0 Å². The van der Waals surface area contributed by atoms with Crippen LogP contribution in [0.5, 0.6) is 0 Å². The Hall–Kier alpha value is -0.540. The molecule has 0 saturated heterocycles. The summed E-state index contributed by atoms with van der Waals surface area (Å²) in [4.78, 5) is 0. The lowest BCUT2D eigenvalue weighted by Crippen LogP contribution is -2.32. The van der Waals surface area contributed by atoms with Crippen molar-refractivity contribution in [3.8, 4) is 0 Å². The largest absolute Gasteiger partial charge is 0.385 e. The first-order valence-electron chi connectivity index (χ1n) is 5.26. The van der Waals surface area contributed by atoms with Crippen molar-refractivity contribution in [3.05, 3.63) is 28.7 Å². The Balaban J connectivity index is 2.23. The number of rotatable bonds is 5. The minimum atomic E-state index is -0.0542. The zero-order valence-electron chi connectivity index (χ0n) is 9.39. The maximum atomic E-state index is 5.90. The molecule has 84 valence electrons. The summed E-state index contributed by atoms with van der Waals surface area (Å²) in [5.74, 6) is 0. The second-order valence-corrected chi connectivity index (χ2v) is 5.44. The molecule has 0 heterocycles. The molecule has 0 aliphatic carbocycles. The highest BCUT2D eigenvalue weighted by atomic mass is 79.9. The molecule has 0 bridgehead atoms. The fourth-order valence-electron chi connectivity index (χ4n) is 1.34. The molecular formula is C12H19BrN2. The van der Waals surface area contributed by atoms with Gasteiger partial charge in [-0.3, -0.25) is 0 Å². The van der Waals surface area contributed by atoms with Crippen molar-refractivity contribution < 1.29 is 0 Å². The number of anilines is 1. The third-order valence-electron chi connectivity index (χ3n) is 2.17. The Morgan fingerprint density at radius 2 is 1.87 bits per heavy atom. The van der Waals surface area contributed by atoms with Crippen molar-refractivity contribution in [2.75, 3.05) is 11.9 Å². The van der Waals surface area contributed by atoms with Crippen molar-refractivity contribution in [2.24, 2.45) is 5.73 Å². The van der Waals surface area contributed by atoms with E-state index in [1.807, 2.05) is 12.1 Å². The first kappa shape index (κ1) is 12.5. The van der Waals surface area contributed by atoms with Gasteiger partial charge in [0.1, 0.15) is 0 Å². The van der Waals surface area contributed by atoms with Gasteiger partial charge in [-0.15, -0.1) is 0 Å². The van der Waals surface area contributed by atoms with E-state index in [0.717, 1.165) is 29.5 Å². The van der Waals surface area contributed by atoms with E-state index in [4.69, 9.17) is 5.73 Å². The van der Waals surface area contributed by atoms with Gasteiger partial charge in [-0.05, 0) is 51.0 Å². The van der Waals surface area contributed by atoms with E-state index in [1.54, 1.807) is 0 Å². The highest BCUT2D eigenvalue weighted by molar-refractivity contribution is 9.10. The van der Waals surface area contributed by atoms with E-state index >= 15 is 0 Å². The van der Waals surface area contributed by atoms with Crippen molar-refractivity contribution in [1.29, 1.82) is 0 Å². The third-order valence-corrected chi connectivity index (χ3v) is 2.70. The van der Waals surface area contributed by atoms with Crippen LogP contribution in [0.1, 0.15) is 26.7 Å². The summed E-state index contributed by atoms with van der Waals surface area (Å²) >= 11 is 3.41. The van der Waals surface area contributed by atoms with Gasteiger partial charge in [0.15, 0.2) is 0 Å². The predicted molar refractivity (Wildman–Crippen MR) is 70.1 cm³/mol. The van der Waals surface area contributed by atoms with Crippen LogP contribution in [0.25, 0.3) is 0 Å². The number of hydrogen-bond donors (Lipinski definition) is 2. The second-order valence-electron chi connectivity index (χ2n) is 4.53. The fourth-order valence-corrected chi connectivity index (χ4v) is 1.61. The third kappa shape index (κ3) is 5.80. The van der Waals surface area contributed by atoms with E-state index in [0.29, 0.717) is 0 Å². The summed E-state index contributed by atoms with van der Waals surface area (Å²) in [5, 5.41) is 3.37. The van der Waals surface area contributed by atoms with Crippen molar-refractivity contribution in [2.45, 2.75) is 32.2 Å². The van der Waals surface area contributed by atoms with Crippen molar-refractivity contribution in [1.82, 2.24) is 0 Å². The minimum absolute atomic E-state index is 0.0542. The van der Waals surface area contributed by atoms with Gasteiger partial charge >= 0.3 is 0 Å². The van der Waals surface area contributed by atoms with Crippen molar-refractivity contribution >= 4 is 21.6 Å². The lowest BCUT2D eigenvalue weighted by atomic mass is 10.0. The lowest BCUT2D eigenvalue weighted by Gasteiger charge is -2.18. The molecule has 0 aromatic heterocycles. The number of nitrogens with two attached hydrogens (primary N) is 1. The molecule has 2 nitrogen and oxygen atoms in total. The molecule has 0 saturated carbocycles. The molecule has 0 aliphatic rings. The van der Waals surface area contributed by atoms with Crippen LogP contribution in [0.4, 0.5) is 5.69 Å². The van der Waals surface area contributed by atoms with E-state index in [-0.39, 0.29) is 5.54 Å². The predicted octanol–water partition coefficient (Wildman–Crippen LogP) is 3.38. The molecule has 1 aromatic carbocycles. The van der Waals surface area contributed by atoms with Gasteiger partial charge in [0.25, 0.3) is 0 Å². The molecule has 0 atom stereocenters. The molecule has 0 spiro atoms. The Bertz CT molecular complexity index is 287. The van der Waals surface area contributed by atoms with Crippen LogP contribution in [-0.4, -0.2) is 12.1 Å². The molecule has 0 unspecified atom stereocenters. The minimum Gasteiger partial charge on any atom is -0.385 e. The number of halogens is 1. The highest BCUT2D eigenvalue weighted by Gasteiger charge is 2.08. The molecule has 0 radical (unpaired) electrons. The van der Waals surface area contributed by atoms with Gasteiger partial charge in [-0.2, -0.15) is 0 Å². The average Bonchev–Trinajstić information content (AvgIpc) is 2.14. The average molecular weight is 271 g/mol. The van der Waals surface area contributed by atoms with Crippen LogP contribution in [0.2, 0.25) is 0 Å². The maximum absolute atomic E-state index is 5.90. The summed E-state index contributed by atoms with van der Waals surface area (Å²) < 4.78 is 1.11. The Morgan fingerprint density at radius 3 is 2.40 bits per heavy atom. The lowest BCUT2D eigenvalue weighted by molar-refractivity contribution is 0.465. The van der Waals surface area contributed by atoms with Gasteiger partial charge in [0, 0.05) is 22.2 Å². The smallest absolute Gasteiger partial charge is 0.0340 e. The van der Waals surface area contributed by atoms with E-state index in [2.05, 4.69) is 47.2 Å². The molecule has 0 amide bonds. The van der Waals surface area contributed by atoms with Crippen LogP contribution in [-0.2, 0) is 0 Å².